The summed E-state index contributed by atoms with van der Waals surface area (Å²) in [6.45, 7) is 10.9. The number of carbonyl (C=O) groups excluding carboxylic acids is 1. The van der Waals surface area contributed by atoms with Crippen LogP contribution in [0.5, 0.6) is 0 Å². The van der Waals surface area contributed by atoms with Gasteiger partial charge in [-0.1, -0.05) is 18.2 Å². The minimum Gasteiger partial charge on any atom is -0.372 e. The highest BCUT2D eigenvalue weighted by molar-refractivity contribution is 5.90. The Labute approximate surface area is 172 Å². The van der Waals surface area contributed by atoms with Crippen LogP contribution in [0.25, 0.3) is 0 Å². The van der Waals surface area contributed by atoms with Crippen molar-refractivity contribution in [2.75, 3.05) is 29.9 Å². The summed E-state index contributed by atoms with van der Waals surface area (Å²) >= 11 is 0. The monoisotopic (exact) mass is 395 g/mol. The minimum absolute atomic E-state index is 0.0832. The highest BCUT2D eigenvalue weighted by atomic mass is 16.5. The van der Waals surface area contributed by atoms with E-state index in [-0.39, 0.29) is 18.2 Å². The fourth-order valence-electron chi connectivity index (χ4n) is 4.21. The summed E-state index contributed by atoms with van der Waals surface area (Å²) in [5.41, 5.74) is 4.01. The highest BCUT2D eigenvalue weighted by Crippen LogP contribution is 2.29. The standard InChI is InChI=1S/C22H29N5O2/c1-14-7-5-6-8-19(14)25-22(28)26-10-9-20-18(13-26)21(24-17(4)23-20)27-11-15(2)29-16(3)12-27/h5-8,15-16H,9-13H2,1-4H3,(H,25,28). The Bertz CT molecular complexity index is 906. The van der Waals surface area contributed by atoms with Crippen LogP contribution in [-0.4, -0.2) is 52.7 Å². The number of hydrogen-bond donors (Lipinski definition) is 1. The topological polar surface area (TPSA) is 70.6 Å². The van der Waals surface area contributed by atoms with Crippen molar-refractivity contribution in [1.29, 1.82) is 0 Å². The van der Waals surface area contributed by atoms with Crippen LogP contribution in [-0.2, 0) is 17.7 Å². The summed E-state index contributed by atoms with van der Waals surface area (Å²) in [6.07, 6.45) is 1.03. The molecule has 4 rings (SSSR count). The van der Waals surface area contributed by atoms with E-state index in [9.17, 15) is 4.79 Å². The van der Waals surface area contributed by atoms with Gasteiger partial charge in [0.05, 0.1) is 24.4 Å². The molecule has 2 aromatic rings. The fraction of sp³-hybridized carbons (Fsp3) is 0.500. The summed E-state index contributed by atoms with van der Waals surface area (Å²) in [5.74, 6) is 1.73. The van der Waals surface area contributed by atoms with Crippen molar-refractivity contribution in [2.45, 2.75) is 52.9 Å². The third kappa shape index (κ3) is 4.19. The third-order valence-corrected chi connectivity index (χ3v) is 5.54. The number of morpholine rings is 1. The Balaban J connectivity index is 1.58. The molecule has 1 aromatic heterocycles. The van der Waals surface area contributed by atoms with Crippen LogP contribution < -0.4 is 10.2 Å². The Kier molecular flexibility index (Phi) is 5.41. The van der Waals surface area contributed by atoms with Crippen LogP contribution in [0.3, 0.4) is 0 Å². The lowest BCUT2D eigenvalue weighted by Gasteiger charge is -2.38. The third-order valence-electron chi connectivity index (χ3n) is 5.54. The Morgan fingerprint density at radius 1 is 1.14 bits per heavy atom. The van der Waals surface area contributed by atoms with Gasteiger partial charge in [-0.3, -0.25) is 0 Å². The average Bonchev–Trinajstić information content (AvgIpc) is 2.68. The van der Waals surface area contributed by atoms with E-state index in [1.807, 2.05) is 43.0 Å². The summed E-state index contributed by atoms with van der Waals surface area (Å²) in [4.78, 5) is 26.5. The van der Waals surface area contributed by atoms with Crippen molar-refractivity contribution in [3.05, 3.63) is 46.9 Å². The number of para-hydroxylation sites is 1. The second-order valence-electron chi connectivity index (χ2n) is 8.10. The molecule has 1 N–H and O–H groups in total. The van der Waals surface area contributed by atoms with E-state index in [0.717, 1.165) is 53.7 Å². The van der Waals surface area contributed by atoms with Crippen molar-refractivity contribution in [3.8, 4) is 0 Å². The molecule has 29 heavy (non-hydrogen) atoms. The van der Waals surface area contributed by atoms with Gasteiger partial charge in [0.25, 0.3) is 0 Å². The first-order valence-corrected chi connectivity index (χ1v) is 10.3. The Morgan fingerprint density at radius 3 is 2.59 bits per heavy atom. The summed E-state index contributed by atoms with van der Waals surface area (Å²) in [7, 11) is 0. The summed E-state index contributed by atoms with van der Waals surface area (Å²) < 4.78 is 5.89. The smallest absolute Gasteiger partial charge is 0.322 e. The number of aryl methyl sites for hydroxylation is 2. The zero-order valence-electron chi connectivity index (χ0n) is 17.6. The van der Waals surface area contributed by atoms with Gasteiger partial charge in [0.1, 0.15) is 11.6 Å². The number of rotatable bonds is 2. The predicted octanol–water partition coefficient (Wildman–Crippen LogP) is 3.30. The van der Waals surface area contributed by atoms with E-state index in [1.165, 1.54) is 0 Å². The molecule has 7 nitrogen and oxygen atoms in total. The fourth-order valence-corrected chi connectivity index (χ4v) is 4.21. The number of amides is 2. The number of nitrogens with zero attached hydrogens (tertiary/aromatic N) is 4. The molecule has 1 fully saturated rings. The van der Waals surface area contributed by atoms with Gasteiger partial charge in [0, 0.05) is 37.3 Å². The van der Waals surface area contributed by atoms with Gasteiger partial charge in [-0.05, 0) is 39.3 Å². The second kappa shape index (κ2) is 7.99. The molecular formula is C22H29N5O2. The maximum absolute atomic E-state index is 12.9. The number of hydrogen-bond acceptors (Lipinski definition) is 5. The predicted molar refractivity (Wildman–Crippen MR) is 113 cm³/mol. The second-order valence-corrected chi connectivity index (χ2v) is 8.10. The largest absolute Gasteiger partial charge is 0.372 e. The van der Waals surface area contributed by atoms with Crippen molar-refractivity contribution < 1.29 is 9.53 Å². The van der Waals surface area contributed by atoms with Crippen LogP contribution in [0.4, 0.5) is 16.3 Å². The quantitative estimate of drug-likeness (QED) is 0.845. The van der Waals surface area contributed by atoms with Crippen molar-refractivity contribution >= 4 is 17.5 Å². The molecule has 0 aliphatic carbocycles. The van der Waals surface area contributed by atoms with Crippen molar-refractivity contribution in [2.24, 2.45) is 0 Å². The first-order chi connectivity index (χ1) is 13.9. The van der Waals surface area contributed by atoms with Gasteiger partial charge >= 0.3 is 6.03 Å². The van der Waals surface area contributed by atoms with Gasteiger partial charge in [-0.25, -0.2) is 14.8 Å². The molecule has 0 spiro atoms. The lowest BCUT2D eigenvalue weighted by atomic mass is 10.0. The number of nitrogens with one attached hydrogen (secondary N) is 1. The Hall–Kier alpha value is -2.67. The van der Waals surface area contributed by atoms with Gasteiger partial charge in [0.15, 0.2) is 0 Å². The minimum atomic E-state index is -0.0832. The molecule has 2 aliphatic rings. The van der Waals surface area contributed by atoms with Crippen molar-refractivity contribution in [3.63, 3.8) is 0 Å². The first-order valence-electron chi connectivity index (χ1n) is 10.3. The zero-order valence-corrected chi connectivity index (χ0v) is 17.6. The van der Waals surface area contributed by atoms with Crippen molar-refractivity contribution in [1.82, 2.24) is 14.9 Å². The molecule has 0 radical (unpaired) electrons. The van der Waals surface area contributed by atoms with Crippen LogP contribution in [0.2, 0.25) is 0 Å². The number of ether oxygens (including phenoxy) is 1. The number of benzene rings is 1. The summed E-state index contributed by atoms with van der Waals surface area (Å²) in [6, 6.07) is 7.75. The molecule has 0 saturated carbocycles. The number of fused-ring (bicyclic) bond motifs is 1. The van der Waals surface area contributed by atoms with Crippen LogP contribution in [0.15, 0.2) is 24.3 Å². The first kappa shape index (κ1) is 19.6. The van der Waals surface area contributed by atoms with E-state index in [0.29, 0.717) is 13.1 Å². The van der Waals surface area contributed by atoms with Crippen LogP contribution >= 0.6 is 0 Å². The van der Waals surface area contributed by atoms with Gasteiger partial charge in [-0.15, -0.1) is 0 Å². The molecule has 1 saturated heterocycles. The molecular weight excluding hydrogens is 366 g/mol. The highest BCUT2D eigenvalue weighted by Gasteiger charge is 2.30. The zero-order chi connectivity index (χ0) is 20.5. The average molecular weight is 396 g/mol. The molecule has 2 atom stereocenters. The summed E-state index contributed by atoms with van der Waals surface area (Å²) in [5, 5.41) is 3.05. The van der Waals surface area contributed by atoms with E-state index < -0.39 is 0 Å². The van der Waals surface area contributed by atoms with Crippen LogP contribution in [0.1, 0.15) is 36.5 Å². The maximum atomic E-state index is 12.9. The molecule has 2 aliphatic heterocycles. The maximum Gasteiger partial charge on any atom is 0.322 e. The molecule has 154 valence electrons. The number of aromatic nitrogens is 2. The lowest BCUT2D eigenvalue weighted by molar-refractivity contribution is -0.00557. The molecule has 2 amide bonds. The molecule has 1 aromatic carbocycles. The van der Waals surface area contributed by atoms with E-state index in [4.69, 9.17) is 9.72 Å². The molecule has 2 unspecified atom stereocenters. The van der Waals surface area contributed by atoms with E-state index >= 15 is 0 Å². The number of carbonyl (C=O) groups is 1. The number of anilines is 2. The van der Waals surface area contributed by atoms with E-state index in [2.05, 4.69) is 29.0 Å². The SMILES string of the molecule is Cc1nc2c(c(N3CC(C)OC(C)C3)n1)CN(C(=O)Nc1ccccc1C)CC2. The Morgan fingerprint density at radius 2 is 1.86 bits per heavy atom. The molecule has 7 heteroatoms. The van der Waals surface area contributed by atoms with Gasteiger partial charge in [-0.2, -0.15) is 0 Å². The van der Waals surface area contributed by atoms with E-state index in [1.54, 1.807) is 0 Å². The lowest BCUT2D eigenvalue weighted by Crippen LogP contribution is -2.47. The van der Waals surface area contributed by atoms with Gasteiger partial charge < -0.3 is 19.9 Å². The van der Waals surface area contributed by atoms with Gasteiger partial charge in [0.2, 0.25) is 0 Å². The van der Waals surface area contributed by atoms with Crippen LogP contribution in [0, 0.1) is 13.8 Å². The number of urea groups is 1. The molecule has 0 bridgehead atoms. The molecule has 3 heterocycles. The normalized spacial score (nSPS) is 21.7.